The van der Waals surface area contributed by atoms with E-state index < -0.39 is 0 Å². The molecule has 102 valence electrons. The molecule has 1 heterocycles. The second-order valence-corrected chi connectivity index (χ2v) is 6.64. The van der Waals surface area contributed by atoms with Gasteiger partial charge >= 0.3 is 0 Å². The molecule has 3 fully saturated rings. The Labute approximate surface area is 109 Å². The predicted molar refractivity (Wildman–Crippen MR) is 68.1 cm³/mol. The monoisotopic (exact) mass is 252 g/mol. The third-order valence-corrected chi connectivity index (χ3v) is 5.95. The Morgan fingerprint density at radius 3 is 2.72 bits per heavy atom. The number of carbonyl (C=O) groups is 1. The lowest BCUT2D eigenvalue weighted by atomic mass is 9.63. The summed E-state index contributed by atoms with van der Waals surface area (Å²) in [5, 5.41) is 0. The number of ether oxygens (including phenoxy) is 2. The topological polar surface area (TPSA) is 35.5 Å². The number of carbonyl (C=O) groups excluding carboxylic acids is 1. The molecule has 0 aromatic rings. The summed E-state index contributed by atoms with van der Waals surface area (Å²) >= 11 is 0. The zero-order chi connectivity index (χ0) is 12.8. The zero-order valence-electron chi connectivity index (χ0n) is 11.5. The first kappa shape index (κ1) is 12.6. The number of hydrogen-bond donors (Lipinski definition) is 0. The van der Waals surface area contributed by atoms with E-state index in [1.807, 2.05) is 0 Å². The maximum absolute atomic E-state index is 12.1. The average molecular weight is 252 g/mol. The van der Waals surface area contributed by atoms with Crippen molar-refractivity contribution in [1.82, 2.24) is 0 Å². The highest BCUT2D eigenvalue weighted by Crippen LogP contribution is 2.66. The molecule has 0 aromatic carbocycles. The van der Waals surface area contributed by atoms with Gasteiger partial charge in [-0.15, -0.1) is 0 Å². The van der Waals surface area contributed by atoms with E-state index in [1.165, 1.54) is 19.3 Å². The van der Waals surface area contributed by atoms with Crippen molar-refractivity contribution in [2.24, 2.45) is 16.7 Å². The van der Waals surface area contributed by atoms with Crippen molar-refractivity contribution >= 4 is 5.78 Å². The molecule has 3 rings (SSSR count). The molecule has 0 unspecified atom stereocenters. The highest BCUT2D eigenvalue weighted by atomic mass is 16.7. The lowest BCUT2D eigenvalue weighted by Gasteiger charge is -2.40. The SMILES string of the molecule is C[C@@H]1C(=O)C[C@]2(C)CCC[C@]12CCC1OCCO1. The third kappa shape index (κ3) is 1.67. The molecule has 3 aliphatic rings. The summed E-state index contributed by atoms with van der Waals surface area (Å²) in [7, 11) is 0. The first-order chi connectivity index (χ1) is 8.57. The maximum Gasteiger partial charge on any atom is 0.157 e. The fourth-order valence-electron chi connectivity index (χ4n) is 4.79. The molecule has 0 radical (unpaired) electrons. The van der Waals surface area contributed by atoms with Gasteiger partial charge in [-0.3, -0.25) is 4.79 Å². The van der Waals surface area contributed by atoms with Gasteiger partial charge in [-0.05, 0) is 36.5 Å². The van der Waals surface area contributed by atoms with Crippen LogP contribution in [0.3, 0.4) is 0 Å². The van der Waals surface area contributed by atoms with Crippen molar-refractivity contribution in [2.45, 2.75) is 58.7 Å². The van der Waals surface area contributed by atoms with Crippen LogP contribution >= 0.6 is 0 Å². The van der Waals surface area contributed by atoms with Crippen LogP contribution in [0.25, 0.3) is 0 Å². The highest BCUT2D eigenvalue weighted by molar-refractivity contribution is 5.85. The predicted octanol–water partition coefficient (Wildman–Crippen LogP) is 2.93. The van der Waals surface area contributed by atoms with E-state index in [-0.39, 0.29) is 23.0 Å². The maximum atomic E-state index is 12.1. The normalized spacial score (nSPS) is 44.8. The van der Waals surface area contributed by atoms with Gasteiger partial charge < -0.3 is 9.47 Å². The Kier molecular flexibility index (Phi) is 3.02. The quantitative estimate of drug-likeness (QED) is 0.774. The summed E-state index contributed by atoms with van der Waals surface area (Å²) in [6.07, 6.45) is 6.51. The van der Waals surface area contributed by atoms with Crippen LogP contribution in [0.1, 0.15) is 52.4 Å². The summed E-state index contributed by atoms with van der Waals surface area (Å²) < 4.78 is 11.1. The summed E-state index contributed by atoms with van der Waals surface area (Å²) in [4.78, 5) is 12.1. The molecule has 0 bridgehead atoms. The standard InChI is InChI=1S/C15H24O3/c1-11-12(16)10-14(2)5-3-6-15(11,14)7-4-13-17-8-9-18-13/h11,13H,3-10H2,1-2H3/t11-,14+,15+/m1/s1. The second-order valence-electron chi connectivity index (χ2n) is 6.64. The Morgan fingerprint density at radius 2 is 2.00 bits per heavy atom. The van der Waals surface area contributed by atoms with Crippen LogP contribution in [-0.4, -0.2) is 25.3 Å². The molecular weight excluding hydrogens is 228 g/mol. The summed E-state index contributed by atoms with van der Waals surface area (Å²) in [6, 6.07) is 0. The first-order valence-electron chi connectivity index (χ1n) is 7.33. The largest absolute Gasteiger partial charge is 0.350 e. The van der Waals surface area contributed by atoms with E-state index >= 15 is 0 Å². The molecule has 18 heavy (non-hydrogen) atoms. The molecular formula is C15H24O3. The fourth-order valence-corrected chi connectivity index (χ4v) is 4.79. The van der Waals surface area contributed by atoms with Crippen molar-refractivity contribution in [2.75, 3.05) is 13.2 Å². The molecule has 0 spiro atoms. The van der Waals surface area contributed by atoms with Gasteiger partial charge in [-0.1, -0.05) is 20.3 Å². The molecule has 3 atom stereocenters. The lowest BCUT2D eigenvalue weighted by Crippen LogP contribution is -2.35. The van der Waals surface area contributed by atoms with E-state index in [0.29, 0.717) is 5.78 Å². The molecule has 0 N–H and O–H groups in total. The van der Waals surface area contributed by atoms with E-state index in [1.54, 1.807) is 0 Å². The van der Waals surface area contributed by atoms with Crippen molar-refractivity contribution in [3.63, 3.8) is 0 Å². The van der Waals surface area contributed by atoms with Crippen molar-refractivity contribution in [3.05, 3.63) is 0 Å². The van der Waals surface area contributed by atoms with Gasteiger partial charge in [0.05, 0.1) is 13.2 Å². The van der Waals surface area contributed by atoms with E-state index in [9.17, 15) is 4.79 Å². The summed E-state index contributed by atoms with van der Waals surface area (Å²) in [6.45, 7) is 5.93. The molecule has 1 aliphatic heterocycles. The first-order valence-corrected chi connectivity index (χ1v) is 7.33. The smallest absolute Gasteiger partial charge is 0.157 e. The number of hydrogen-bond acceptors (Lipinski definition) is 3. The van der Waals surface area contributed by atoms with E-state index in [2.05, 4.69) is 13.8 Å². The molecule has 1 saturated heterocycles. The third-order valence-electron chi connectivity index (χ3n) is 5.95. The average Bonchev–Trinajstić information content (AvgIpc) is 2.97. The molecule has 2 aliphatic carbocycles. The van der Waals surface area contributed by atoms with Crippen LogP contribution < -0.4 is 0 Å². The Morgan fingerprint density at radius 1 is 1.28 bits per heavy atom. The molecule has 0 amide bonds. The Balaban J connectivity index is 1.75. The Bertz CT molecular complexity index is 348. The molecule has 3 heteroatoms. The molecule has 2 saturated carbocycles. The minimum atomic E-state index is -0.0212. The fraction of sp³-hybridized carbons (Fsp3) is 0.933. The van der Waals surface area contributed by atoms with E-state index in [0.717, 1.165) is 32.5 Å². The van der Waals surface area contributed by atoms with Crippen LogP contribution in [-0.2, 0) is 14.3 Å². The lowest BCUT2D eigenvalue weighted by molar-refractivity contribution is -0.122. The van der Waals surface area contributed by atoms with Crippen LogP contribution in [0.15, 0.2) is 0 Å². The summed E-state index contributed by atoms with van der Waals surface area (Å²) in [5.41, 5.74) is 0.460. The number of ketones is 1. The summed E-state index contributed by atoms with van der Waals surface area (Å²) in [5.74, 6) is 0.705. The minimum Gasteiger partial charge on any atom is -0.350 e. The van der Waals surface area contributed by atoms with Crippen LogP contribution in [0, 0.1) is 16.7 Å². The van der Waals surface area contributed by atoms with Gasteiger partial charge in [-0.2, -0.15) is 0 Å². The van der Waals surface area contributed by atoms with Crippen LogP contribution in [0.4, 0.5) is 0 Å². The van der Waals surface area contributed by atoms with Gasteiger partial charge in [0.1, 0.15) is 5.78 Å². The number of rotatable bonds is 3. The van der Waals surface area contributed by atoms with Crippen LogP contribution in [0.2, 0.25) is 0 Å². The zero-order valence-corrected chi connectivity index (χ0v) is 11.5. The van der Waals surface area contributed by atoms with Gasteiger partial charge in [-0.25, -0.2) is 0 Å². The second kappa shape index (κ2) is 4.31. The molecule has 0 aromatic heterocycles. The van der Waals surface area contributed by atoms with Gasteiger partial charge in [0.25, 0.3) is 0 Å². The van der Waals surface area contributed by atoms with Crippen molar-refractivity contribution in [1.29, 1.82) is 0 Å². The Hall–Kier alpha value is -0.410. The molecule has 3 nitrogen and oxygen atoms in total. The van der Waals surface area contributed by atoms with E-state index in [4.69, 9.17) is 9.47 Å². The van der Waals surface area contributed by atoms with Gasteiger partial charge in [0, 0.05) is 12.3 Å². The van der Waals surface area contributed by atoms with Gasteiger partial charge in [0.15, 0.2) is 6.29 Å². The van der Waals surface area contributed by atoms with Gasteiger partial charge in [0.2, 0.25) is 0 Å². The highest BCUT2D eigenvalue weighted by Gasteiger charge is 2.61. The number of Topliss-reactive ketones (excluding diaryl/α,β-unsaturated/α-hetero) is 1. The minimum absolute atomic E-state index is 0.0212. The van der Waals surface area contributed by atoms with Crippen LogP contribution in [0.5, 0.6) is 0 Å². The van der Waals surface area contributed by atoms with Crippen molar-refractivity contribution < 1.29 is 14.3 Å². The number of fused-ring (bicyclic) bond motifs is 1. The van der Waals surface area contributed by atoms with Crippen molar-refractivity contribution in [3.8, 4) is 0 Å².